The van der Waals surface area contributed by atoms with Crippen molar-refractivity contribution in [3.8, 4) is 17.3 Å². The Balaban J connectivity index is 1.79. The third-order valence-corrected chi connectivity index (χ3v) is 4.45. The van der Waals surface area contributed by atoms with Gasteiger partial charge in [-0.25, -0.2) is 4.98 Å². The Bertz CT molecular complexity index is 880. The molecular weight excluding hydrogens is 272 g/mol. The number of nitrogens with one attached hydrogen (secondary N) is 1. The lowest BCUT2D eigenvalue weighted by Gasteiger charge is -2.09. The van der Waals surface area contributed by atoms with Gasteiger partial charge in [-0.05, 0) is 36.1 Å². The van der Waals surface area contributed by atoms with Gasteiger partial charge in [-0.15, -0.1) is 0 Å². The normalized spacial score (nSPS) is 15.5. The Labute approximate surface area is 129 Å². The molecule has 0 unspecified atom stereocenters. The van der Waals surface area contributed by atoms with Crippen LogP contribution in [-0.4, -0.2) is 16.4 Å². The van der Waals surface area contributed by atoms with Crippen molar-refractivity contribution in [2.45, 2.75) is 18.3 Å². The number of hydrogen-bond acceptors (Lipinski definition) is 3. The van der Waals surface area contributed by atoms with Crippen LogP contribution in [0.2, 0.25) is 0 Å². The molecule has 4 heteroatoms. The summed E-state index contributed by atoms with van der Waals surface area (Å²) in [7, 11) is 1.87. The van der Waals surface area contributed by atoms with E-state index in [4.69, 9.17) is 0 Å². The Morgan fingerprint density at radius 2 is 1.95 bits per heavy atom. The first-order chi connectivity index (χ1) is 10.8. The number of imidazole rings is 1. The highest BCUT2D eigenvalue weighted by Crippen LogP contribution is 2.47. The maximum atomic E-state index is 9.30. The molecule has 1 aromatic carbocycles. The molecule has 0 spiro atoms. The molecule has 0 amide bonds. The van der Waals surface area contributed by atoms with Crippen LogP contribution in [0, 0.1) is 11.3 Å². The monoisotopic (exact) mass is 288 g/mol. The standard InChI is InChI=1S/C18H16N4/c1-20-16-11-22-15(3-2-4-17(22)21-16)13-5-7-14(8-6-13)18(12-19)9-10-18/h2-8,11,20H,9-10H2,1H3. The molecule has 1 N–H and O–H groups in total. The molecule has 0 radical (unpaired) electrons. The van der Waals surface area contributed by atoms with Crippen LogP contribution >= 0.6 is 0 Å². The van der Waals surface area contributed by atoms with E-state index in [1.165, 1.54) is 0 Å². The molecule has 0 bridgehead atoms. The summed E-state index contributed by atoms with van der Waals surface area (Å²) in [6.45, 7) is 0. The van der Waals surface area contributed by atoms with E-state index in [1.807, 2.05) is 25.4 Å². The highest BCUT2D eigenvalue weighted by molar-refractivity contribution is 5.66. The molecule has 1 saturated carbocycles. The van der Waals surface area contributed by atoms with Crippen molar-refractivity contribution in [1.29, 1.82) is 5.26 Å². The predicted octanol–water partition coefficient (Wildman–Crippen LogP) is 3.60. The van der Waals surface area contributed by atoms with Gasteiger partial charge in [-0.1, -0.05) is 30.3 Å². The topological polar surface area (TPSA) is 53.1 Å². The van der Waals surface area contributed by atoms with Crippen molar-refractivity contribution in [1.82, 2.24) is 9.38 Å². The van der Waals surface area contributed by atoms with Crippen molar-refractivity contribution in [3.63, 3.8) is 0 Å². The lowest BCUT2D eigenvalue weighted by molar-refractivity contribution is 0.909. The number of pyridine rings is 1. The first-order valence-corrected chi connectivity index (χ1v) is 7.44. The average Bonchev–Trinajstić information content (AvgIpc) is 3.26. The Morgan fingerprint density at radius 3 is 2.59 bits per heavy atom. The van der Waals surface area contributed by atoms with Gasteiger partial charge in [-0.2, -0.15) is 5.26 Å². The molecule has 0 atom stereocenters. The molecule has 1 aliphatic rings. The third-order valence-electron chi connectivity index (χ3n) is 4.45. The molecule has 22 heavy (non-hydrogen) atoms. The maximum absolute atomic E-state index is 9.30. The van der Waals surface area contributed by atoms with Gasteiger partial charge in [0.15, 0.2) is 0 Å². The van der Waals surface area contributed by atoms with Crippen molar-refractivity contribution in [3.05, 3.63) is 54.2 Å². The third kappa shape index (κ3) is 1.86. The Hall–Kier alpha value is -2.80. The van der Waals surface area contributed by atoms with Gasteiger partial charge >= 0.3 is 0 Å². The van der Waals surface area contributed by atoms with Gasteiger partial charge < -0.3 is 5.32 Å². The van der Waals surface area contributed by atoms with Gasteiger partial charge in [0.1, 0.15) is 11.5 Å². The van der Waals surface area contributed by atoms with Gasteiger partial charge in [0.05, 0.1) is 23.4 Å². The van der Waals surface area contributed by atoms with Gasteiger partial charge in [0, 0.05) is 7.05 Å². The number of rotatable bonds is 3. The zero-order valence-electron chi connectivity index (χ0n) is 12.4. The summed E-state index contributed by atoms with van der Waals surface area (Å²) < 4.78 is 2.08. The molecule has 0 aliphatic heterocycles. The summed E-state index contributed by atoms with van der Waals surface area (Å²) in [6, 6.07) is 16.9. The van der Waals surface area contributed by atoms with E-state index in [1.54, 1.807) is 0 Å². The summed E-state index contributed by atoms with van der Waals surface area (Å²) in [6.07, 6.45) is 3.95. The Kier molecular flexibility index (Phi) is 2.70. The highest BCUT2D eigenvalue weighted by Gasteiger charge is 2.44. The van der Waals surface area contributed by atoms with Crippen molar-refractivity contribution >= 4 is 11.5 Å². The van der Waals surface area contributed by atoms with Crippen LogP contribution in [-0.2, 0) is 5.41 Å². The van der Waals surface area contributed by atoms with Crippen LogP contribution in [0.15, 0.2) is 48.7 Å². The quantitative estimate of drug-likeness (QED) is 0.801. The predicted molar refractivity (Wildman–Crippen MR) is 86.7 cm³/mol. The summed E-state index contributed by atoms with van der Waals surface area (Å²) in [5.74, 6) is 0.852. The molecule has 2 aromatic heterocycles. The lowest BCUT2D eigenvalue weighted by atomic mass is 9.96. The largest absolute Gasteiger partial charge is 0.372 e. The van der Waals surface area contributed by atoms with Crippen molar-refractivity contribution in [2.24, 2.45) is 0 Å². The molecule has 0 saturated heterocycles. The lowest BCUT2D eigenvalue weighted by Crippen LogP contribution is -2.02. The van der Waals surface area contributed by atoms with Crippen LogP contribution in [0.1, 0.15) is 18.4 Å². The van der Waals surface area contributed by atoms with E-state index in [0.717, 1.165) is 41.1 Å². The number of aromatic nitrogens is 2. The fourth-order valence-electron chi connectivity index (χ4n) is 2.92. The van der Waals surface area contributed by atoms with Crippen LogP contribution in [0.4, 0.5) is 5.82 Å². The van der Waals surface area contributed by atoms with Gasteiger partial charge in [0.2, 0.25) is 0 Å². The molecule has 4 nitrogen and oxygen atoms in total. The molecular formula is C18H16N4. The zero-order valence-corrected chi connectivity index (χ0v) is 12.4. The van der Waals surface area contributed by atoms with Gasteiger partial charge in [0.25, 0.3) is 0 Å². The molecule has 2 heterocycles. The average molecular weight is 288 g/mol. The summed E-state index contributed by atoms with van der Waals surface area (Å²) >= 11 is 0. The van der Waals surface area contributed by atoms with Crippen LogP contribution < -0.4 is 5.32 Å². The Morgan fingerprint density at radius 1 is 1.18 bits per heavy atom. The van der Waals surface area contributed by atoms with Crippen molar-refractivity contribution in [2.75, 3.05) is 12.4 Å². The fourth-order valence-corrected chi connectivity index (χ4v) is 2.92. The summed E-state index contributed by atoms with van der Waals surface area (Å²) in [5, 5.41) is 12.4. The number of nitriles is 1. The van der Waals surface area contributed by atoms with E-state index in [2.05, 4.69) is 51.1 Å². The second-order valence-electron chi connectivity index (χ2n) is 5.79. The van der Waals surface area contributed by atoms with E-state index in [-0.39, 0.29) is 5.41 Å². The highest BCUT2D eigenvalue weighted by atomic mass is 15.1. The molecule has 108 valence electrons. The SMILES string of the molecule is CNc1cn2c(-c3ccc(C4(C#N)CC4)cc3)cccc2n1. The summed E-state index contributed by atoms with van der Waals surface area (Å²) in [4.78, 5) is 4.51. The van der Waals surface area contributed by atoms with Crippen LogP contribution in [0.5, 0.6) is 0 Å². The number of hydrogen-bond donors (Lipinski definition) is 1. The minimum Gasteiger partial charge on any atom is -0.372 e. The number of benzene rings is 1. The van der Waals surface area contributed by atoms with Crippen molar-refractivity contribution < 1.29 is 0 Å². The molecule has 3 aromatic rings. The minimum atomic E-state index is -0.223. The zero-order chi connectivity index (χ0) is 15.2. The molecule has 1 aliphatic carbocycles. The van der Waals surface area contributed by atoms with Crippen LogP contribution in [0.3, 0.4) is 0 Å². The second-order valence-corrected chi connectivity index (χ2v) is 5.79. The maximum Gasteiger partial charge on any atom is 0.145 e. The van der Waals surface area contributed by atoms with E-state index in [0.29, 0.717) is 0 Å². The number of anilines is 1. The second kappa shape index (κ2) is 4.60. The van der Waals surface area contributed by atoms with Gasteiger partial charge in [-0.3, -0.25) is 4.40 Å². The summed E-state index contributed by atoms with van der Waals surface area (Å²) in [5.41, 5.74) is 4.05. The smallest absolute Gasteiger partial charge is 0.145 e. The number of fused-ring (bicyclic) bond motifs is 1. The van der Waals surface area contributed by atoms with Crippen LogP contribution in [0.25, 0.3) is 16.9 Å². The molecule has 1 fully saturated rings. The first kappa shape index (κ1) is 12.9. The fraction of sp³-hybridized carbons (Fsp3) is 0.222. The molecule has 4 rings (SSSR count). The van der Waals surface area contributed by atoms with E-state index in [9.17, 15) is 5.26 Å². The number of nitrogens with zero attached hydrogens (tertiary/aromatic N) is 3. The van der Waals surface area contributed by atoms with E-state index < -0.39 is 0 Å². The minimum absolute atomic E-state index is 0.223. The first-order valence-electron chi connectivity index (χ1n) is 7.44. The van der Waals surface area contributed by atoms with E-state index >= 15 is 0 Å².